The highest BCUT2D eigenvalue weighted by Crippen LogP contribution is 2.41. The van der Waals surface area contributed by atoms with Crippen LogP contribution in [0.2, 0.25) is 0 Å². The van der Waals surface area contributed by atoms with Crippen molar-refractivity contribution in [2.75, 3.05) is 58.1 Å². The van der Waals surface area contributed by atoms with Crippen LogP contribution in [0.4, 0.5) is 34.5 Å². The van der Waals surface area contributed by atoms with Crippen molar-refractivity contribution < 1.29 is 19.8 Å². The van der Waals surface area contributed by atoms with Crippen molar-refractivity contribution >= 4 is 46.3 Å². The van der Waals surface area contributed by atoms with Crippen molar-refractivity contribution in [1.82, 2.24) is 29.0 Å². The molecule has 4 aromatic heterocycles. The van der Waals surface area contributed by atoms with E-state index >= 15 is 0 Å². The van der Waals surface area contributed by atoms with Crippen LogP contribution in [0.25, 0.3) is 11.3 Å². The van der Waals surface area contributed by atoms with Gasteiger partial charge in [0.1, 0.15) is 22.9 Å². The molecule has 0 spiro atoms. The molecule has 4 N–H and O–H groups in total. The predicted molar refractivity (Wildman–Crippen MR) is 262 cm³/mol. The average Bonchev–Trinajstić information content (AvgIpc) is 3.79. The standard InChI is InChI=1S/C51H63N11O5/c1-9-45(64)54-38-25-34(13-14-40(38)59-20-19-58(28-32(59)3)35-16-18-60(31(2)23-35)44-12-10-11-43(56-44)51(6,7)67)53-46-49(66)57(8)29-39(55-46)36-15-17-52-47(37(36)30-63)62-22-21-61-41(48(62)65)24-33-26-50(4,5)27-42(33)61/h9-15,17,24-25,29,31-32,35,63,67H,1,16,18-23,26-28,30H2,2-8H3,(H,53,55)(H,54,64)/t31-,32+,35?/m1/s1. The van der Waals surface area contributed by atoms with E-state index in [1.807, 2.05) is 36.4 Å². The summed E-state index contributed by atoms with van der Waals surface area (Å²) in [4.78, 5) is 63.7. The lowest BCUT2D eigenvalue weighted by Gasteiger charge is -2.48. The Hall–Kier alpha value is -6.36. The third kappa shape index (κ3) is 8.85. The van der Waals surface area contributed by atoms with Crippen LogP contribution in [0.1, 0.15) is 87.4 Å². The van der Waals surface area contributed by atoms with E-state index in [-0.39, 0.29) is 40.7 Å². The first-order chi connectivity index (χ1) is 31.9. The number of aromatic nitrogens is 5. The van der Waals surface area contributed by atoms with Gasteiger partial charge in [0.2, 0.25) is 5.91 Å². The molecule has 7 heterocycles. The minimum atomic E-state index is -1.01. The summed E-state index contributed by atoms with van der Waals surface area (Å²) in [6.45, 7) is 20.1. The number of nitrogens with zero attached hydrogens (tertiary/aromatic N) is 9. The Kier molecular flexibility index (Phi) is 12.1. The second-order valence-electron chi connectivity index (χ2n) is 20.1. The summed E-state index contributed by atoms with van der Waals surface area (Å²) in [5, 5.41) is 27.6. The van der Waals surface area contributed by atoms with Crippen LogP contribution in [0.3, 0.4) is 0 Å². The fourth-order valence-corrected chi connectivity index (χ4v) is 10.7. The molecule has 1 aliphatic carbocycles. The normalized spacial score (nSPS) is 20.7. The Labute approximate surface area is 392 Å². The van der Waals surface area contributed by atoms with Crippen LogP contribution in [0.5, 0.6) is 0 Å². The lowest BCUT2D eigenvalue weighted by molar-refractivity contribution is -0.111. The molecule has 5 aromatic rings. The third-order valence-electron chi connectivity index (χ3n) is 14.1. The van der Waals surface area contributed by atoms with Crippen LogP contribution in [-0.2, 0) is 43.4 Å². The Morgan fingerprint density at radius 3 is 2.52 bits per heavy atom. The van der Waals surface area contributed by atoms with E-state index in [0.29, 0.717) is 64.5 Å². The minimum absolute atomic E-state index is 0.0447. The van der Waals surface area contributed by atoms with Crippen LogP contribution < -0.4 is 30.9 Å². The Bertz CT molecular complexity index is 2810. The van der Waals surface area contributed by atoms with Gasteiger partial charge in [-0.15, -0.1) is 0 Å². The van der Waals surface area contributed by atoms with Crippen LogP contribution in [0, 0.1) is 5.41 Å². The molecule has 0 radical (unpaired) electrons. The second-order valence-corrected chi connectivity index (χ2v) is 20.1. The number of piperazine rings is 1. The summed E-state index contributed by atoms with van der Waals surface area (Å²) in [6, 6.07) is 16.1. The van der Waals surface area contributed by atoms with Gasteiger partial charge in [0.25, 0.3) is 11.5 Å². The topological polar surface area (TPSA) is 177 Å². The summed E-state index contributed by atoms with van der Waals surface area (Å²) < 4.78 is 3.58. The van der Waals surface area contributed by atoms with Crippen molar-refractivity contribution in [3.05, 3.63) is 112 Å². The van der Waals surface area contributed by atoms with Gasteiger partial charge in [0, 0.05) is 99.3 Å². The molecule has 2 fully saturated rings. The molecule has 3 atom stereocenters. The number of hydrogen-bond donors (Lipinski definition) is 4. The molecule has 4 aliphatic rings. The van der Waals surface area contributed by atoms with Crippen LogP contribution >= 0.6 is 0 Å². The zero-order valence-corrected chi connectivity index (χ0v) is 39.7. The van der Waals surface area contributed by atoms with Crippen LogP contribution in [0.15, 0.2) is 78.4 Å². The number of carbonyl (C=O) groups excluding carboxylic acids is 2. The van der Waals surface area contributed by atoms with Gasteiger partial charge in [-0.05, 0) is 113 Å². The summed E-state index contributed by atoms with van der Waals surface area (Å²) in [6.07, 6.45) is 8.29. The molecule has 16 heteroatoms. The number of aryl methyl sites for hydroxylation is 1. The molecule has 1 aromatic carbocycles. The van der Waals surface area contributed by atoms with Gasteiger partial charge < -0.3 is 39.8 Å². The van der Waals surface area contributed by atoms with Crippen molar-refractivity contribution in [1.29, 1.82) is 0 Å². The fourth-order valence-electron chi connectivity index (χ4n) is 10.7. The van der Waals surface area contributed by atoms with Gasteiger partial charge in [-0.25, -0.2) is 15.0 Å². The number of benzene rings is 1. The maximum Gasteiger partial charge on any atom is 0.293 e. The smallest absolute Gasteiger partial charge is 0.293 e. The van der Waals surface area contributed by atoms with Crippen molar-refractivity contribution in [3.8, 4) is 11.3 Å². The Morgan fingerprint density at radius 1 is 0.985 bits per heavy atom. The summed E-state index contributed by atoms with van der Waals surface area (Å²) in [5.74, 6) is 0.779. The molecule has 2 saturated heterocycles. The first kappa shape index (κ1) is 45.8. The molecule has 3 aliphatic heterocycles. The Balaban J connectivity index is 0.924. The average molecular weight is 910 g/mol. The maximum atomic E-state index is 14.1. The molecule has 0 saturated carbocycles. The largest absolute Gasteiger partial charge is 0.392 e. The van der Waals surface area contributed by atoms with E-state index in [4.69, 9.17) is 9.97 Å². The number of pyridine rings is 2. The van der Waals surface area contributed by atoms with E-state index < -0.39 is 12.2 Å². The molecule has 1 unspecified atom stereocenters. The number of nitrogens with one attached hydrogen (secondary N) is 2. The molecule has 352 valence electrons. The number of fused-ring (bicyclic) bond motifs is 3. The van der Waals surface area contributed by atoms with E-state index in [9.17, 15) is 24.6 Å². The minimum Gasteiger partial charge on any atom is -0.392 e. The van der Waals surface area contributed by atoms with Gasteiger partial charge in [0.15, 0.2) is 5.82 Å². The van der Waals surface area contributed by atoms with Gasteiger partial charge >= 0.3 is 0 Å². The maximum absolute atomic E-state index is 14.1. The van der Waals surface area contributed by atoms with Gasteiger partial charge in [-0.2, -0.15) is 0 Å². The predicted octanol–water partition coefficient (Wildman–Crippen LogP) is 5.98. The number of aliphatic hydroxyl groups excluding tert-OH is 1. The van der Waals surface area contributed by atoms with E-state index in [1.165, 1.54) is 21.9 Å². The summed E-state index contributed by atoms with van der Waals surface area (Å²) in [7, 11) is 1.64. The second kappa shape index (κ2) is 17.7. The molecule has 2 amide bonds. The number of rotatable bonds is 11. The number of carbonyl (C=O) groups is 2. The van der Waals surface area contributed by atoms with Crippen molar-refractivity contribution in [2.24, 2.45) is 12.5 Å². The van der Waals surface area contributed by atoms with Gasteiger partial charge in [-0.3, -0.25) is 24.2 Å². The highest BCUT2D eigenvalue weighted by Gasteiger charge is 2.38. The third-order valence-corrected chi connectivity index (χ3v) is 14.1. The zero-order valence-electron chi connectivity index (χ0n) is 39.7. The number of piperidine rings is 1. The Morgan fingerprint density at radius 2 is 1.79 bits per heavy atom. The number of anilines is 6. The molecular formula is C51H63N11O5. The zero-order chi connectivity index (χ0) is 47.5. The lowest BCUT2D eigenvalue weighted by atomic mass is 9.90. The van der Waals surface area contributed by atoms with E-state index in [1.54, 1.807) is 50.3 Å². The summed E-state index contributed by atoms with van der Waals surface area (Å²) in [5.41, 5.74) is 5.86. The monoisotopic (exact) mass is 910 g/mol. The number of amides is 2. The fraction of sp³-hybridized carbons (Fsp3) is 0.451. The lowest BCUT2D eigenvalue weighted by Crippen LogP contribution is -2.58. The first-order valence-electron chi connectivity index (χ1n) is 23.4. The first-order valence-corrected chi connectivity index (χ1v) is 23.4. The van der Waals surface area contributed by atoms with Crippen molar-refractivity contribution in [2.45, 2.75) is 104 Å². The van der Waals surface area contributed by atoms with E-state index in [0.717, 1.165) is 63.4 Å². The van der Waals surface area contributed by atoms with Crippen molar-refractivity contribution in [3.63, 3.8) is 0 Å². The van der Waals surface area contributed by atoms with Gasteiger partial charge in [0.05, 0.1) is 29.4 Å². The number of hydrogen-bond acceptors (Lipinski definition) is 12. The number of aliphatic hydroxyl groups is 2. The highest BCUT2D eigenvalue weighted by atomic mass is 16.3. The quantitative estimate of drug-likeness (QED) is 0.114. The highest BCUT2D eigenvalue weighted by molar-refractivity contribution is 6.06. The molecule has 0 bridgehead atoms. The van der Waals surface area contributed by atoms with E-state index in [2.05, 4.69) is 69.2 Å². The molecule has 16 nitrogen and oxygen atoms in total. The van der Waals surface area contributed by atoms with Crippen LogP contribution in [-0.4, -0.2) is 102 Å². The SMILES string of the molecule is C=CC(=O)Nc1cc(Nc2nc(-c3ccnc(N4CCn5c(cc6c5CC(C)(C)C6)C4=O)c3CO)cn(C)c2=O)ccc1N1CCN(C2CCN(c3cccc(C(C)(C)O)n3)[C@H](C)C2)C[C@@H]1C. The summed E-state index contributed by atoms with van der Waals surface area (Å²) >= 11 is 0. The van der Waals surface area contributed by atoms with Gasteiger partial charge in [-0.1, -0.05) is 26.5 Å². The molecule has 67 heavy (non-hydrogen) atoms. The molecular weight excluding hydrogens is 847 g/mol. The molecule has 9 rings (SSSR count).